The molecule has 68 heavy (non-hydrogen) atoms. The Bertz CT molecular complexity index is 2830. The van der Waals surface area contributed by atoms with Gasteiger partial charge in [0, 0.05) is 67.9 Å². The van der Waals surface area contributed by atoms with Gasteiger partial charge in [0.25, 0.3) is 5.91 Å². The maximum absolute atomic E-state index is 13.6. The first-order chi connectivity index (χ1) is 32.8. The number of hydrogen-bond donors (Lipinski definition) is 5. The number of amidine groups is 2. The fraction of sp³-hybridized carbons (Fsp3) is 0.354. The van der Waals surface area contributed by atoms with E-state index in [1.807, 2.05) is 67.5 Å². The maximum Gasteiger partial charge on any atom is 0.369 e. The van der Waals surface area contributed by atoms with Crippen LogP contribution in [0.1, 0.15) is 65.6 Å². The minimum Gasteiger partial charge on any atom is -0.578 e. The quantitative estimate of drug-likeness (QED) is 0.0563. The van der Waals surface area contributed by atoms with Crippen LogP contribution in [0.2, 0.25) is 0 Å². The Morgan fingerprint density at radius 1 is 0.794 bits per heavy atom. The topological polar surface area (TPSA) is 284 Å². The number of benzene rings is 2. The molecule has 3 fully saturated rings. The molecule has 0 radical (unpaired) electrons. The third-order valence-corrected chi connectivity index (χ3v) is 13.4. The molecule has 0 bridgehead atoms. The molecular weight excluding hydrogens is 865 g/mol. The molecule has 20 nitrogen and oxygen atoms in total. The average molecular weight is 920 g/mol. The van der Waals surface area contributed by atoms with E-state index >= 15 is 0 Å². The number of likely N-dealkylation sites (N-methyl/N-ethyl adjacent to an activating group) is 1. The maximum atomic E-state index is 13.6. The number of aromatic nitrogens is 8. The third kappa shape index (κ3) is 9.45. The van der Waals surface area contributed by atoms with Gasteiger partial charge in [-0.25, -0.2) is 19.9 Å². The van der Waals surface area contributed by atoms with Crippen molar-refractivity contribution in [2.75, 3.05) is 45.2 Å². The van der Waals surface area contributed by atoms with Gasteiger partial charge in [-0.1, -0.05) is 55.0 Å². The first-order valence-electron chi connectivity index (χ1n) is 22.6. The number of nitrogen functional groups attached to an aromatic ring is 2. The number of carbonyl (C=O) groups excluding carboxylic acids is 2. The highest BCUT2D eigenvalue weighted by atomic mass is 16.5. The second kappa shape index (κ2) is 18.9. The first kappa shape index (κ1) is 45.4. The van der Waals surface area contributed by atoms with E-state index in [0.717, 1.165) is 59.2 Å². The van der Waals surface area contributed by atoms with Crippen molar-refractivity contribution in [1.29, 1.82) is 10.8 Å². The van der Waals surface area contributed by atoms with Gasteiger partial charge in [-0.3, -0.25) is 29.8 Å². The molecule has 1 atom stereocenters. The van der Waals surface area contributed by atoms with Crippen molar-refractivity contribution in [1.82, 2.24) is 54.6 Å². The van der Waals surface area contributed by atoms with Gasteiger partial charge < -0.3 is 36.4 Å². The van der Waals surface area contributed by atoms with Crippen molar-refractivity contribution in [3.63, 3.8) is 0 Å². The predicted molar refractivity (Wildman–Crippen MR) is 256 cm³/mol. The van der Waals surface area contributed by atoms with Crippen molar-refractivity contribution in [2.24, 2.45) is 4.99 Å². The lowest BCUT2D eigenvalue weighted by Crippen LogP contribution is -2.57. The van der Waals surface area contributed by atoms with Crippen molar-refractivity contribution in [3.05, 3.63) is 120 Å². The van der Waals surface area contributed by atoms with Crippen molar-refractivity contribution >= 4 is 41.3 Å². The highest BCUT2D eigenvalue weighted by Gasteiger charge is 2.51. The van der Waals surface area contributed by atoms with Crippen molar-refractivity contribution < 1.29 is 19.4 Å². The van der Waals surface area contributed by atoms with Gasteiger partial charge >= 0.3 is 5.90 Å². The molecule has 1 aliphatic heterocycles. The van der Waals surface area contributed by atoms with Crippen LogP contribution in [0.4, 0.5) is 11.9 Å². The van der Waals surface area contributed by atoms with Crippen LogP contribution in [0.15, 0.2) is 103 Å². The van der Waals surface area contributed by atoms with Gasteiger partial charge in [-0.15, -0.1) is 4.99 Å². The molecule has 20 heteroatoms. The summed E-state index contributed by atoms with van der Waals surface area (Å²) in [6.07, 6.45) is 16.6. The Labute approximate surface area is 392 Å². The molecule has 9 rings (SSSR count). The molecule has 3 aliphatic rings. The smallest absolute Gasteiger partial charge is 0.369 e. The summed E-state index contributed by atoms with van der Waals surface area (Å²) >= 11 is 0. The number of ether oxygens (including phenoxy) is 1. The van der Waals surface area contributed by atoms with Gasteiger partial charge in [-0.2, -0.15) is 10.2 Å². The van der Waals surface area contributed by atoms with E-state index in [9.17, 15) is 15.0 Å². The Balaban J connectivity index is 0.807. The van der Waals surface area contributed by atoms with E-state index < -0.39 is 16.7 Å². The van der Waals surface area contributed by atoms with Crippen molar-refractivity contribution in [3.8, 4) is 22.3 Å². The monoisotopic (exact) mass is 919 g/mol. The Morgan fingerprint density at radius 2 is 1.35 bits per heavy atom. The minimum atomic E-state index is -0.819. The Hall–Kier alpha value is -7.71. The second-order valence-electron chi connectivity index (χ2n) is 18.1. The molecule has 2 aromatic carbocycles. The van der Waals surface area contributed by atoms with E-state index in [2.05, 4.69) is 40.4 Å². The molecule has 1 unspecified atom stereocenters. The largest absolute Gasteiger partial charge is 0.578 e. The molecule has 6 aromatic rings. The van der Waals surface area contributed by atoms with E-state index in [-0.39, 0.29) is 54.1 Å². The summed E-state index contributed by atoms with van der Waals surface area (Å²) in [5, 5.41) is 38.6. The highest BCUT2D eigenvalue weighted by Crippen LogP contribution is 2.48. The number of anilines is 2. The minimum absolute atomic E-state index is 0.0246. The van der Waals surface area contributed by atoms with Crippen LogP contribution in [0.25, 0.3) is 22.3 Å². The van der Waals surface area contributed by atoms with E-state index in [4.69, 9.17) is 26.7 Å². The SMILES string of the molecule is CN(C)CCn1cc(C(=O)NC(=N)C2(c3ccc(-c4cnc(N)nc4)cc3)CC(OC3CCN(C(=O)Cn4cc(C([OH2+])=NC(=N)C5(c6ccc(-c7cnc(N)nc7)cc6)CCC5)cn4)C3)C2)cn1. The van der Waals surface area contributed by atoms with Gasteiger partial charge in [0.1, 0.15) is 23.8 Å². The molecule has 4 aromatic heterocycles. The lowest BCUT2D eigenvalue weighted by atomic mass is 9.61. The molecule has 2 amide bonds. The number of aliphatic imine (C=N–C) groups is 1. The number of likely N-dealkylation sites (tertiary alicyclic amines) is 1. The van der Waals surface area contributed by atoms with E-state index in [1.165, 1.54) is 17.1 Å². The average Bonchev–Trinajstić information content (AvgIpc) is 4.10. The number of nitrogens with zero attached hydrogens (tertiary/aromatic N) is 11. The Kier molecular flexibility index (Phi) is 12.6. The van der Waals surface area contributed by atoms with E-state index in [1.54, 1.807) is 46.8 Å². The number of nitrogens with one attached hydrogen (secondary N) is 3. The predicted octanol–water partition coefficient (Wildman–Crippen LogP) is 3.42. The zero-order valence-electron chi connectivity index (χ0n) is 38.0. The van der Waals surface area contributed by atoms with Crippen LogP contribution in [-0.2, 0) is 33.5 Å². The van der Waals surface area contributed by atoms with Crippen LogP contribution in [0.5, 0.6) is 0 Å². The van der Waals surface area contributed by atoms with Crippen LogP contribution < -0.4 is 16.8 Å². The first-order valence-corrected chi connectivity index (χ1v) is 22.6. The molecular formula is C48H55N16O4+. The molecule has 9 N–H and O–H groups in total. The van der Waals surface area contributed by atoms with Gasteiger partial charge in [-0.05, 0) is 68.5 Å². The summed E-state index contributed by atoms with van der Waals surface area (Å²) in [5.41, 5.74) is 16.0. The second-order valence-corrected chi connectivity index (χ2v) is 18.1. The molecule has 350 valence electrons. The number of carbonyl (C=O) groups is 2. The highest BCUT2D eigenvalue weighted by molar-refractivity contribution is 6.09. The number of amides is 2. The van der Waals surface area contributed by atoms with Crippen LogP contribution in [-0.4, -0.2) is 130 Å². The number of nitrogens with two attached hydrogens (primary N) is 2. The molecule has 2 aliphatic carbocycles. The van der Waals surface area contributed by atoms with Gasteiger partial charge in [0.2, 0.25) is 17.8 Å². The fourth-order valence-electron chi connectivity index (χ4n) is 9.17. The molecule has 5 heterocycles. The fourth-order valence-corrected chi connectivity index (χ4v) is 9.17. The third-order valence-electron chi connectivity index (χ3n) is 13.4. The molecule has 2 saturated carbocycles. The standard InChI is InChI=1S/C48H54N16O4/c1-61(2)16-17-63-26-34(24-57-63)41(66)60-44(50)48(37-10-6-31(7-11-37)33-22-55-46(52)56-23-33)18-39(19-48)68-38-12-15-62(28-38)40(65)29-64-27-35(25-58-64)42(67)59-43(49)47(13-3-14-47)36-8-4-30(5-9-36)32-20-53-45(51)54-21-32/h4-11,20-27,38-39H,3,12-19,28-29H2,1-2H3,(H2,49,59,67)(H2,50,60,66)(H2,51,53,54)(H2,52,55,56)/p+1. The molecule has 1 saturated heterocycles. The zero-order chi connectivity index (χ0) is 47.6. The summed E-state index contributed by atoms with van der Waals surface area (Å²) < 4.78 is 9.80. The van der Waals surface area contributed by atoms with Crippen LogP contribution in [0, 0.1) is 10.8 Å². The normalized spacial score (nSPS) is 19.9. The summed E-state index contributed by atoms with van der Waals surface area (Å²) in [4.78, 5) is 51.7. The number of rotatable bonds is 15. The van der Waals surface area contributed by atoms with Gasteiger partial charge in [0.15, 0.2) is 0 Å². The lowest BCUT2D eigenvalue weighted by molar-refractivity contribution is -0.132. The van der Waals surface area contributed by atoms with E-state index in [0.29, 0.717) is 50.0 Å². The van der Waals surface area contributed by atoms with Crippen molar-refractivity contribution in [2.45, 2.75) is 74.7 Å². The summed E-state index contributed by atoms with van der Waals surface area (Å²) in [7, 11) is 3.94. The number of hydrogen-bond acceptors (Lipinski definition) is 14. The van der Waals surface area contributed by atoms with Gasteiger partial charge in [0.05, 0.1) is 47.5 Å². The van der Waals surface area contributed by atoms with Crippen LogP contribution in [0.3, 0.4) is 0 Å². The van der Waals surface area contributed by atoms with Crippen LogP contribution >= 0.6 is 0 Å². The summed E-state index contributed by atoms with van der Waals surface area (Å²) in [6, 6.07) is 15.8. The molecule has 0 spiro atoms. The zero-order valence-corrected chi connectivity index (χ0v) is 38.0. The Morgan fingerprint density at radius 3 is 1.93 bits per heavy atom. The lowest BCUT2D eigenvalue weighted by Gasteiger charge is -2.48. The summed E-state index contributed by atoms with van der Waals surface area (Å²) in [5.74, 6) is -0.0301. The summed E-state index contributed by atoms with van der Waals surface area (Å²) in [6.45, 7) is 2.28.